The lowest BCUT2D eigenvalue weighted by atomic mass is 10.4. The number of imidazole rings is 1. The fraction of sp³-hybridized carbons (Fsp3) is 0.286. The summed E-state index contributed by atoms with van der Waals surface area (Å²) < 4.78 is 14.4. The van der Waals surface area contributed by atoms with Crippen molar-refractivity contribution in [1.29, 1.82) is 0 Å². The molecule has 2 aromatic rings. The number of nitrogens with two attached hydrogens (primary N) is 3. The van der Waals surface area contributed by atoms with E-state index in [4.69, 9.17) is 17.2 Å². The van der Waals surface area contributed by atoms with E-state index in [1.807, 2.05) is 0 Å². The zero-order chi connectivity index (χ0) is 11.0. The number of anilines is 1. The summed E-state index contributed by atoms with van der Waals surface area (Å²) in [6.07, 6.45) is -0.0176. The Morgan fingerprint density at radius 2 is 2.13 bits per heavy atom. The van der Waals surface area contributed by atoms with Crippen molar-refractivity contribution in [3.63, 3.8) is 0 Å². The number of nitrogen functional groups attached to an aromatic ring is 1. The second-order valence-corrected chi connectivity index (χ2v) is 3.11. The van der Waals surface area contributed by atoms with Gasteiger partial charge < -0.3 is 21.8 Å². The van der Waals surface area contributed by atoms with Crippen molar-refractivity contribution in [3.8, 4) is 0 Å². The van der Waals surface area contributed by atoms with Gasteiger partial charge in [-0.15, -0.1) is 0 Å². The summed E-state index contributed by atoms with van der Waals surface area (Å²) in [4.78, 5) is 10.9. The molecule has 0 amide bonds. The van der Waals surface area contributed by atoms with Gasteiger partial charge in [-0.1, -0.05) is 0 Å². The smallest absolute Gasteiger partial charge is 0.312 e. The molecular formula is C7H10FN7. The standard InChI is InChI=1S/C7H10FN7/c8-7-13-5(11)4-6(14-7)15(2-12-4)1-3(9)10/h2-3H,1,9-10H2,(H2,11,13,14). The molecule has 0 saturated carbocycles. The Labute approximate surface area is 84.1 Å². The van der Waals surface area contributed by atoms with Gasteiger partial charge >= 0.3 is 6.08 Å². The fourth-order valence-corrected chi connectivity index (χ4v) is 1.30. The Balaban J connectivity index is 2.58. The second kappa shape index (κ2) is 3.41. The van der Waals surface area contributed by atoms with Gasteiger partial charge in [0.15, 0.2) is 11.5 Å². The second-order valence-electron chi connectivity index (χ2n) is 3.11. The van der Waals surface area contributed by atoms with Crippen LogP contribution in [0.15, 0.2) is 6.33 Å². The SMILES string of the molecule is Nc1nc(F)nc2c1ncn2CC(N)N. The number of fused-ring (bicyclic) bond motifs is 1. The van der Waals surface area contributed by atoms with Crippen LogP contribution in [0.25, 0.3) is 11.2 Å². The van der Waals surface area contributed by atoms with Crippen LogP contribution in [0.4, 0.5) is 10.2 Å². The summed E-state index contributed by atoms with van der Waals surface area (Å²) in [5.74, 6) is 0.00171. The molecule has 0 fully saturated rings. The molecule has 15 heavy (non-hydrogen) atoms. The van der Waals surface area contributed by atoms with Crippen LogP contribution in [0.1, 0.15) is 0 Å². The summed E-state index contributed by atoms with van der Waals surface area (Å²) in [5, 5.41) is 0. The summed E-state index contributed by atoms with van der Waals surface area (Å²) in [5.41, 5.74) is 16.9. The van der Waals surface area contributed by atoms with Crippen LogP contribution in [-0.4, -0.2) is 25.7 Å². The molecule has 0 radical (unpaired) electrons. The lowest BCUT2D eigenvalue weighted by molar-refractivity contribution is 0.536. The number of rotatable bonds is 2. The topological polar surface area (TPSA) is 122 Å². The van der Waals surface area contributed by atoms with Gasteiger partial charge in [0, 0.05) is 0 Å². The number of aromatic nitrogens is 4. The molecule has 0 aliphatic heterocycles. The molecule has 0 aliphatic rings. The van der Waals surface area contributed by atoms with Crippen LogP contribution >= 0.6 is 0 Å². The largest absolute Gasteiger partial charge is 0.382 e. The van der Waals surface area contributed by atoms with Crippen molar-refractivity contribution in [2.75, 3.05) is 5.73 Å². The van der Waals surface area contributed by atoms with Crippen LogP contribution in [-0.2, 0) is 6.54 Å². The molecule has 0 atom stereocenters. The first-order chi connectivity index (χ1) is 7.08. The third kappa shape index (κ3) is 1.72. The first-order valence-corrected chi connectivity index (χ1v) is 4.23. The normalized spacial score (nSPS) is 11.5. The average molecular weight is 211 g/mol. The Bertz CT molecular complexity index is 491. The van der Waals surface area contributed by atoms with Crippen LogP contribution in [0.5, 0.6) is 0 Å². The Kier molecular flexibility index (Phi) is 2.21. The zero-order valence-corrected chi connectivity index (χ0v) is 7.76. The average Bonchev–Trinajstić information content (AvgIpc) is 2.48. The number of hydrogen-bond acceptors (Lipinski definition) is 6. The fourth-order valence-electron chi connectivity index (χ4n) is 1.30. The first kappa shape index (κ1) is 9.74. The lowest BCUT2D eigenvalue weighted by Gasteiger charge is -2.06. The lowest BCUT2D eigenvalue weighted by Crippen LogP contribution is -2.35. The summed E-state index contributed by atoms with van der Waals surface area (Å²) >= 11 is 0. The Morgan fingerprint density at radius 3 is 2.80 bits per heavy atom. The molecule has 7 nitrogen and oxygen atoms in total. The van der Waals surface area contributed by atoms with Crippen LogP contribution in [0.2, 0.25) is 0 Å². The molecule has 80 valence electrons. The van der Waals surface area contributed by atoms with E-state index in [-0.39, 0.29) is 12.4 Å². The Hall–Kier alpha value is -1.80. The highest BCUT2D eigenvalue weighted by molar-refractivity contribution is 5.81. The predicted octanol–water partition coefficient (Wildman–Crippen LogP) is -1.21. The van der Waals surface area contributed by atoms with Crippen molar-refractivity contribution in [1.82, 2.24) is 19.5 Å². The molecule has 0 spiro atoms. The van der Waals surface area contributed by atoms with Gasteiger partial charge in [0.25, 0.3) is 0 Å². The van der Waals surface area contributed by atoms with Gasteiger partial charge in [-0.3, -0.25) is 0 Å². The Morgan fingerprint density at radius 1 is 1.40 bits per heavy atom. The van der Waals surface area contributed by atoms with Gasteiger partial charge in [-0.25, -0.2) is 4.98 Å². The summed E-state index contributed by atoms with van der Waals surface area (Å²) in [6, 6.07) is 0. The molecule has 6 N–H and O–H groups in total. The maximum absolute atomic E-state index is 12.9. The molecule has 2 heterocycles. The minimum Gasteiger partial charge on any atom is -0.382 e. The van der Waals surface area contributed by atoms with E-state index in [1.54, 1.807) is 0 Å². The van der Waals surface area contributed by atoms with E-state index in [9.17, 15) is 4.39 Å². The van der Waals surface area contributed by atoms with Gasteiger partial charge in [-0.2, -0.15) is 14.4 Å². The monoisotopic (exact) mass is 211 g/mol. The highest BCUT2D eigenvalue weighted by Crippen LogP contribution is 2.15. The highest BCUT2D eigenvalue weighted by atomic mass is 19.1. The van der Waals surface area contributed by atoms with Crippen LogP contribution < -0.4 is 17.2 Å². The molecule has 0 aliphatic carbocycles. The van der Waals surface area contributed by atoms with Crippen LogP contribution in [0, 0.1) is 6.08 Å². The molecule has 0 aromatic carbocycles. The molecular weight excluding hydrogens is 201 g/mol. The maximum Gasteiger partial charge on any atom is 0.312 e. The molecule has 8 heteroatoms. The molecule has 0 bridgehead atoms. The number of nitrogens with zero attached hydrogens (tertiary/aromatic N) is 4. The number of halogens is 1. The van der Waals surface area contributed by atoms with E-state index in [2.05, 4.69) is 15.0 Å². The van der Waals surface area contributed by atoms with E-state index in [1.165, 1.54) is 10.9 Å². The van der Waals surface area contributed by atoms with Crippen LogP contribution in [0.3, 0.4) is 0 Å². The number of hydrogen-bond donors (Lipinski definition) is 3. The first-order valence-electron chi connectivity index (χ1n) is 4.23. The van der Waals surface area contributed by atoms with Gasteiger partial charge in [0.05, 0.1) is 19.0 Å². The van der Waals surface area contributed by atoms with Crippen molar-refractivity contribution in [2.45, 2.75) is 12.7 Å². The molecule has 0 saturated heterocycles. The highest BCUT2D eigenvalue weighted by Gasteiger charge is 2.11. The van der Waals surface area contributed by atoms with Crippen molar-refractivity contribution < 1.29 is 4.39 Å². The van der Waals surface area contributed by atoms with E-state index in [0.29, 0.717) is 11.2 Å². The van der Waals surface area contributed by atoms with E-state index >= 15 is 0 Å². The van der Waals surface area contributed by atoms with Crippen molar-refractivity contribution >= 4 is 17.0 Å². The zero-order valence-electron chi connectivity index (χ0n) is 7.76. The molecule has 2 rings (SSSR count). The van der Waals surface area contributed by atoms with Gasteiger partial charge in [0.2, 0.25) is 0 Å². The van der Waals surface area contributed by atoms with E-state index in [0.717, 1.165) is 0 Å². The van der Waals surface area contributed by atoms with Crippen molar-refractivity contribution in [3.05, 3.63) is 12.4 Å². The van der Waals surface area contributed by atoms with Crippen molar-refractivity contribution in [2.24, 2.45) is 11.5 Å². The molecule has 2 aromatic heterocycles. The third-order valence-corrected chi connectivity index (χ3v) is 1.87. The maximum atomic E-state index is 12.9. The quantitative estimate of drug-likeness (QED) is 0.423. The molecule has 0 unspecified atom stereocenters. The van der Waals surface area contributed by atoms with Gasteiger partial charge in [0.1, 0.15) is 5.52 Å². The third-order valence-electron chi connectivity index (χ3n) is 1.87. The minimum absolute atomic E-state index is 0.00171. The minimum atomic E-state index is -0.896. The predicted molar refractivity (Wildman–Crippen MR) is 51.9 cm³/mol. The summed E-state index contributed by atoms with van der Waals surface area (Å²) in [6.45, 7) is 0.284. The van der Waals surface area contributed by atoms with E-state index < -0.39 is 12.2 Å². The van der Waals surface area contributed by atoms with Gasteiger partial charge in [-0.05, 0) is 0 Å². The summed E-state index contributed by atoms with van der Waals surface area (Å²) in [7, 11) is 0.